The van der Waals surface area contributed by atoms with Gasteiger partial charge in [-0.15, -0.1) is 0 Å². The van der Waals surface area contributed by atoms with E-state index in [4.69, 9.17) is 19.2 Å². The number of carbonyl (C=O) groups is 1. The SMILES string of the molecule is N#Cc1cc(-c2ccnc(Cc3cncc(C(=O)N4CCOCC4)c3)n2)ccc1OC1CCOCC1. The van der Waals surface area contributed by atoms with E-state index in [-0.39, 0.29) is 12.0 Å². The Hall–Kier alpha value is -3.87. The molecule has 0 unspecified atom stereocenters. The van der Waals surface area contributed by atoms with Gasteiger partial charge >= 0.3 is 0 Å². The van der Waals surface area contributed by atoms with Gasteiger partial charge in [-0.05, 0) is 35.9 Å². The molecule has 9 heteroatoms. The number of nitrogens with zero attached hydrogens (tertiary/aromatic N) is 5. The second-order valence-electron chi connectivity index (χ2n) is 8.77. The molecule has 36 heavy (non-hydrogen) atoms. The number of benzene rings is 1. The van der Waals surface area contributed by atoms with Crippen molar-refractivity contribution in [2.45, 2.75) is 25.4 Å². The molecule has 9 nitrogen and oxygen atoms in total. The lowest BCUT2D eigenvalue weighted by Crippen LogP contribution is -2.40. The smallest absolute Gasteiger partial charge is 0.255 e. The summed E-state index contributed by atoms with van der Waals surface area (Å²) in [4.78, 5) is 28.0. The van der Waals surface area contributed by atoms with Crippen LogP contribution in [0, 0.1) is 11.3 Å². The second kappa shape index (κ2) is 11.2. The van der Waals surface area contributed by atoms with E-state index in [0.717, 1.165) is 24.0 Å². The maximum atomic E-state index is 12.8. The Kier molecular flexibility index (Phi) is 7.45. The predicted molar refractivity (Wildman–Crippen MR) is 130 cm³/mol. The van der Waals surface area contributed by atoms with Gasteiger partial charge in [0.05, 0.1) is 43.2 Å². The highest BCUT2D eigenvalue weighted by molar-refractivity contribution is 5.94. The van der Waals surface area contributed by atoms with Crippen LogP contribution in [-0.2, 0) is 15.9 Å². The summed E-state index contributed by atoms with van der Waals surface area (Å²) >= 11 is 0. The Labute approximate surface area is 209 Å². The molecule has 184 valence electrons. The molecule has 0 radical (unpaired) electrons. The van der Waals surface area contributed by atoms with Crippen LogP contribution in [0.15, 0.2) is 48.9 Å². The average Bonchev–Trinajstić information content (AvgIpc) is 2.94. The standard InChI is InChI=1S/C27H27N5O4/c28-16-21-15-20(1-2-25(21)36-23-4-9-34-10-5-23)24-3-6-30-26(31-24)14-19-13-22(18-29-17-19)27(33)32-7-11-35-12-8-32/h1-3,6,13,15,17-18,23H,4-5,7-12,14H2. The molecule has 0 bridgehead atoms. The Morgan fingerprint density at radius 1 is 1.08 bits per heavy atom. The fourth-order valence-corrected chi connectivity index (χ4v) is 4.33. The van der Waals surface area contributed by atoms with E-state index >= 15 is 0 Å². The first kappa shape index (κ1) is 23.9. The van der Waals surface area contributed by atoms with E-state index in [1.54, 1.807) is 29.6 Å². The predicted octanol–water partition coefficient (Wildman–Crippen LogP) is 3.03. The molecule has 3 aromatic rings. The monoisotopic (exact) mass is 485 g/mol. The highest BCUT2D eigenvalue weighted by Crippen LogP contribution is 2.27. The summed E-state index contributed by atoms with van der Waals surface area (Å²) in [5.74, 6) is 1.14. The highest BCUT2D eigenvalue weighted by atomic mass is 16.5. The molecular formula is C27H27N5O4. The molecule has 2 fully saturated rings. The molecule has 5 rings (SSSR count). The lowest BCUT2D eigenvalue weighted by atomic mass is 10.1. The highest BCUT2D eigenvalue weighted by Gasteiger charge is 2.20. The number of amides is 1. The molecule has 0 atom stereocenters. The number of nitriles is 1. The zero-order chi connectivity index (χ0) is 24.7. The average molecular weight is 486 g/mol. The van der Waals surface area contributed by atoms with Crippen LogP contribution in [0.3, 0.4) is 0 Å². The molecule has 0 aliphatic carbocycles. The van der Waals surface area contributed by atoms with Crippen molar-refractivity contribution in [2.75, 3.05) is 39.5 Å². The maximum Gasteiger partial charge on any atom is 0.255 e. The molecule has 0 spiro atoms. The number of rotatable bonds is 6. The van der Waals surface area contributed by atoms with Crippen molar-refractivity contribution in [2.24, 2.45) is 0 Å². The molecule has 4 heterocycles. The molecule has 1 amide bonds. The fourth-order valence-electron chi connectivity index (χ4n) is 4.33. The van der Waals surface area contributed by atoms with Gasteiger partial charge in [-0.2, -0.15) is 5.26 Å². The first-order valence-corrected chi connectivity index (χ1v) is 12.1. The Morgan fingerprint density at radius 3 is 2.69 bits per heavy atom. The van der Waals surface area contributed by atoms with Crippen molar-refractivity contribution in [3.05, 3.63) is 71.4 Å². The number of hydrogen-bond acceptors (Lipinski definition) is 8. The summed E-state index contributed by atoms with van der Waals surface area (Å²) in [7, 11) is 0. The van der Waals surface area contributed by atoms with Gasteiger partial charge in [-0.1, -0.05) is 0 Å². The van der Waals surface area contributed by atoms with Gasteiger partial charge in [0, 0.05) is 56.5 Å². The number of ether oxygens (including phenoxy) is 3. The molecule has 2 saturated heterocycles. The number of pyridine rings is 1. The van der Waals surface area contributed by atoms with Gasteiger partial charge < -0.3 is 19.1 Å². The first-order valence-electron chi connectivity index (χ1n) is 12.1. The molecule has 0 saturated carbocycles. The van der Waals surface area contributed by atoms with E-state index in [1.165, 1.54) is 0 Å². The van der Waals surface area contributed by atoms with Gasteiger partial charge in [-0.25, -0.2) is 9.97 Å². The van der Waals surface area contributed by atoms with Crippen molar-refractivity contribution in [1.82, 2.24) is 19.9 Å². The Morgan fingerprint density at radius 2 is 1.89 bits per heavy atom. The zero-order valence-electron chi connectivity index (χ0n) is 19.9. The maximum absolute atomic E-state index is 12.8. The third-order valence-electron chi connectivity index (χ3n) is 6.27. The van der Waals surface area contributed by atoms with E-state index < -0.39 is 0 Å². The van der Waals surface area contributed by atoms with Gasteiger partial charge in [0.1, 0.15) is 23.7 Å². The van der Waals surface area contributed by atoms with Crippen LogP contribution in [-0.4, -0.2) is 71.4 Å². The minimum atomic E-state index is -0.0468. The molecule has 1 aromatic carbocycles. The second-order valence-corrected chi connectivity index (χ2v) is 8.77. The van der Waals surface area contributed by atoms with Crippen molar-refractivity contribution in [1.29, 1.82) is 5.26 Å². The topological polar surface area (TPSA) is 110 Å². The first-order chi connectivity index (χ1) is 17.7. The van der Waals surface area contributed by atoms with E-state index in [1.807, 2.05) is 24.3 Å². The number of aromatic nitrogens is 3. The van der Waals surface area contributed by atoms with Gasteiger partial charge in [-0.3, -0.25) is 9.78 Å². The number of carbonyl (C=O) groups excluding carboxylic acids is 1. The Bertz CT molecular complexity index is 1260. The minimum absolute atomic E-state index is 0.0468. The fraction of sp³-hybridized carbons (Fsp3) is 0.370. The van der Waals surface area contributed by atoms with Crippen molar-refractivity contribution < 1.29 is 19.0 Å². The van der Waals surface area contributed by atoms with Crippen molar-refractivity contribution in [3.8, 4) is 23.1 Å². The quantitative estimate of drug-likeness (QED) is 0.524. The summed E-state index contributed by atoms with van der Waals surface area (Å²) in [5, 5.41) is 9.70. The third kappa shape index (κ3) is 5.67. The minimum Gasteiger partial charge on any atom is -0.489 e. The molecule has 2 aromatic heterocycles. The van der Waals surface area contributed by atoms with Crippen LogP contribution in [0.5, 0.6) is 5.75 Å². The third-order valence-corrected chi connectivity index (χ3v) is 6.27. The van der Waals surface area contributed by atoms with E-state index in [0.29, 0.717) is 74.3 Å². The summed E-state index contributed by atoms with van der Waals surface area (Å²) in [6, 6.07) is 11.4. The van der Waals surface area contributed by atoms with E-state index in [2.05, 4.69) is 16.0 Å². The van der Waals surface area contributed by atoms with Crippen LogP contribution in [0.25, 0.3) is 11.3 Å². The van der Waals surface area contributed by atoms with Crippen LogP contribution in [0.4, 0.5) is 0 Å². The van der Waals surface area contributed by atoms with Crippen molar-refractivity contribution >= 4 is 5.91 Å². The van der Waals surface area contributed by atoms with Crippen LogP contribution < -0.4 is 4.74 Å². The lowest BCUT2D eigenvalue weighted by molar-refractivity contribution is 0.0254. The van der Waals surface area contributed by atoms with Crippen LogP contribution in [0.1, 0.15) is 40.2 Å². The lowest BCUT2D eigenvalue weighted by Gasteiger charge is -2.26. The molecule has 2 aliphatic heterocycles. The summed E-state index contributed by atoms with van der Waals surface area (Å²) in [5.41, 5.74) is 3.39. The number of morpholine rings is 1. The summed E-state index contributed by atoms with van der Waals surface area (Å²) < 4.78 is 16.8. The zero-order valence-corrected chi connectivity index (χ0v) is 19.9. The largest absolute Gasteiger partial charge is 0.489 e. The molecule has 0 N–H and O–H groups in total. The summed E-state index contributed by atoms with van der Waals surface area (Å²) in [6.45, 7) is 3.61. The molecule has 2 aliphatic rings. The van der Waals surface area contributed by atoms with Crippen LogP contribution in [0.2, 0.25) is 0 Å². The van der Waals surface area contributed by atoms with Gasteiger partial charge in [0.25, 0.3) is 5.91 Å². The van der Waals surface area contributed by atoms with Gasteiger partial charge in [0.15, 0.2) is 0 Å². The van der Waals surface area contributed by atoms with E-state index in [9.17, 15) is 10.1 Å². The summed E-state index contributed by atoms with van der Waals surface area (Å²) in [6.07, 6.45) is 7.13. The normalized spacial score (nSPS) is 16.4. The van der Waals surface area contributed by atoms with Crippen molar-refractivity contribution in [3.63, 3.8) is 0 Å². The number of hydrogen-bond donors (Lipinski definition) is 0. The van der Waals surface area contributed by atoms with Crippen LogP contribution >= 0.6 is 0 Å². The molecular weight excluding hydrogens is 458 g/mol. The Balaban J connectivity index is 1.31. The van der Waals surface area contributed by atoms with Gasteiger partial charge in [0.2, 0.25) is 0 Å².